The van der Waals surface area contributed by atoms with E-state index in [-0.39, 0.29) is 0 Å². The highest BCUT2D eigenvalue weighted by Gasteiger charge is 2.08. The average Bonchev–Trinajstić information content (AvgIpc) is 2.59. The molecular formula is C11H14N2O2. The fourth-order valence-electron chi connectivity index (χ4n) is 1.52. The van der Waals surface area contributed by atoms with E-state index in [1.54, 1.807) is 0 Å². The third kappa shape index (κ3) is 2.34. The smallest absolute Gasteiger partial charge is 0.161 e. The summed E-state index contributed by atoms with van der Waals surface area (Å²) in [5, 5.41) is 9.45. The van der Waals surface area contributed by atoms with Gasteiger partial charge in [-0.15, -0.1) is 0 Å². The largest absolute Gasteiger partial charge is 0.368 e. The standard InChI is InChI=1S/C11H14N2O2/c1-2-15-11(14)7-10-12-8-5-3-4-6-9(8)13-10/h3-6,11,14H,2,7H2,1H3,(H,12,13). The number of aliphatic hydroxyl groups is 1. The summed E-state index contributed by atoms with van der Waals surface area (Å²) >= 11 is 0. The average molecular weight is 206 g/mol. The lowest BCUT2D eigenvalue weighted by Crippen LogP contribution is -2.15. The van der Waals surface area contributed by atoms with Crippen molar-refractivity contribution in [1.82, 2.24) is 9.97 Å². The maximum Gasteiger partial charge on any atom is 0.161 e. The first-order valence-electron chi connectivity index (χ1n) is 5.03. The normalized spacial score (nSPS) is 13.2. The lowest BCUT2D eigenvalue weighted by atomic mass is 10.3. The molecule has 2 rings (SSSR count). The van der Waals surface area contributed by atoms with E-state index in [4.69, 9.17) is 4.74 Å². The Kier molecular flexibility index (Phi) is 2.99. The Morgan fingerprint density at radius 2 is 2.27 bits per heavy atom. The molecule has 0 amide bonds. The van der Waals surface area contributed by atoms with E-state index in [1.165, 1.54) is 0 Å². The Morgan fingerprint density at radius 3 is 3.00 bits per heavy atom. The van der Waals surface area contributed by atoms with E-state index < -0.39 is 6.29 Å². The van der Waals surface area contributed by atoms with Crippen molar-refractivity contribution in [1.29, 1.82) is 0 Å². The summed E-state index contributed by atoms with van der Waals surface area (Å²) < 4.78 is 5.04. The van der Waals surface area contributed by atoms with Crippen LogP contribution in [0, 0.1) is 0 Å². The lowest BCUT2D eigenvalue weighted by molar-refractivity contribution is -0.0936. The van der Waals surface area contributed by atoms with E-state index in [9.17, 15) is 5.11 Å². The maximum atomic E-state index is 9.45. The summed E-state index contributed by atoms with van der Waals surface area (Å²) in [6, 6.07) is 7.77. The van der Waals surface area contributed by atoms with Crippen LogP contribution in [-0.2, 0) is 11.2 Å². The number of hydrogen-bond acceptors (Lipinski definition) is 3. The summed E-state index contributed by atoms with van der Waals surface area (Å²) in [4.78, 5) is 7.47. The van der Waals surface area contributed by atoms with Gasteiger partial charge in [0.2, 0.25) is 0 Å². The molecule has 0 aliphatic carbocycles. The van der Waals surface area contributed by atoms with Crippen LogP contribution in [0.2, 0.25) is 0 Å². The Labute approximate surface area is 87.9 Å². The van der Waals surface area contributed by atoms with Crippen molar-refractivity contribution >= 4 is 11.0 Å². The number of ether oxygens (including phenoxy) is 1. The summed E-state index contributed by atoms with van der Waals surface area (Å²) in [7, 11) is 0. The minimum atomic E-state index is -0.782. The van der Waals surface area contributed by atoms with Gasteiger partial charge in [0.1, 0.15) is 5.82 Å². The number of benzene rings is 1. The molecule has 4 heteroatoms. The number of nitrogens with zero attached hydrogens (tertiary/aromatic N) is 1. The molecule has 2 N–H and O–H groups in total. The minimum absolute atomic E-state index is 0.391. The van der Waals surface area contributed by atoms with Gasteiger partial charge in [-0.25, -0.2) is 4.98 Å². The number of aromatic nitrogens is 2. The first-order chi connectivity index (χ1) is 7.29. The predicted octanol–water partition coefficient (Wildman–Crippen LogP) is 1.46. The SMILES string of the molecule is CCOC(O)Cc1nc2ccccc2[nH]1. The Morgan fingerprint density at radius 1 is 1.47 bits per heavy atom. The van der Waals surface area contributed by atoms with E-state index >= 15 is 0 Å². The molecule has 0 saturated carbocycles. The molecule has 0 aliphatic rings. The number of aromatic amines is 1. The Bertz CT molecular complexity index is 406. The monoisotopic (exact) mass is 206 g/mol. The number of para-hydroxylation sites is 2. The quantitative estimate of drug-likeness (QED) is 0.744. The van der Waals surface area contributed by atoms with Gasteiger partial charge >= 0.3 is 0 Å². The second-order valence-corrected chi connectivity index (χ2v) is 3.31. The van der Waals surface area contributed by atoms with Crippen LogP contribution < -0.4 is 0 Å². The maximum absolute atomic E-state index is 9.45. The molecule has 1 aromatic carbocycles. The number of aliphatic hydroxyl groups excluding tert-OH is 1. The van der Waals surface area contributed by atoms with Crippen LogP contribution in [0.5, 0.6) is 0 Å². The molecule has 1 heterocycles. The number of fused-ring (bicyclic) bond motifs is 1. The molecule has 1 aromatic heterocycles. The number of hydrogen-bond donors (Lipinski definition) is 2. The van der Waals surface area contributed by atoms with Crippen LogP contribution in [0.4, 0.5) is 0 Å². The molecule has 0 bridgehead atoms. The molecule has 15 heavy (non-hydrogen) atoms. The molecule has 0 radical (unpaired) electrons. The van der Waals surface area contributed by atoms with Gasteiger partial charge in [0, 0.05) is 6.61 Å². The lowest BCUT2D eigenvalue weighted by Gasteiger charge is -2.07. The van der Waals surface area contributed by atoms with E-state index in [0.29, 0.717) is 13.0 Å². The van der Waals surface area contributed by atoms with Crippen molar-refractivity contribution in [2.45, 2.75) is 19.6 Å². The van der Waals surface area contributed by atoms with E-state index in [1.807, 2.05) is 31.2 Å². The second-order valence-electron chi connectivity index (χ2n) is 3.31. The summed E-state index contributed by atoms with van der Waals surface area (Å²) in [6.45, 7) is 2.35. The zero-order chi connectivity index (χ0) is 10.7. The fourth-order valence-corrected chi connectivity index (χ4v) is 1.52. The van der Waals surface area contributed by atoms with Crippen LogP contribution in [0.25, 0.3) is 11.0 Å². The molecule has 80 valence electrons. The second kappa shape index (κ2) is 4.42. The molecule has 0 spiro atoms. The van der Waals surface area contributed by atoms with Crippen molar-refractivity contribution in [3.8, 4) is 0 Å². The fraction of sp³-hybridized carbons (Fsp3) is 0.364. The first-order valence-corrected chi connectivity index (χ1v) is 5.03. The zero-order valence-corrected chi connectivity index (χ0v) is 8.60. The van der Waals surface area contributed by atoms with Gasteiger partial charge in [-0.3, -0.25) is 0 Å². The van der Waals surface area contributed by atoms with Crippen molar-refractivity contribution in [2.24, 2.45) is 0 Å². The number of imidazole rings is 1. The van der Waals surface area contributed by atoms with Gasteiger partial charge in [0.15, 0.2) is 6.29 Å². The number of H-pyrrole nitrogens is 1. The highest BCUT2D eigenvalue weighted by Crippen LogP contribution is 2.11. The molecule has 2 aromatic rings. The molecule has 4 nitrogen and oxygen atoms in total. The van der Waals surface area contributed by atoms with Gasteiger partial charge in [-0.2, -0.15) is 0 Å². The van der Waals surface area contributed by atoms with Gasteiger partial charge in [-0.1, -0.05) is 12.1 Å². The minimum Gasteiger partial charge on any atom is -0.368 e. The third-order valence-corrected chi connectivity index (χ3v) is 2.17. The Balaban J connectivity index is 2.15. The van der Waals surface area contributed by atoms with Gasteiger partial charge in [0.05, 0.1) is 17.5 Å². The first kappa shape index (κ1) is 10.1. The summed E-state index contributed by atoms with van der Waals surface area (Å²) in [5.74, 6) is 0.747. The molecule has 0 fully saturated rings. The van der Waals surface area contributed by atoms with Crippen molar-refractivity contribution < 1.29 is 9.84 Å². The number of nitrogens with one attached hydrogen (secondary N) is 1. The van der Waals surface area contributed by atoms with E-state index in [2.05, 4.69) is 9.97 Å². The highest BCUT2D eigenvalue weighted by atomic mass is 16.6. The van der Waals surface area contributed by atoms with E-state index in [0.717, 1.165) is 16.9 Å². The highest BCUT2D eigenvalue weighted by molar-refractivity contribution is 5.74. The van der Waals surface area contributed by atoms with Crippen molar-refractivity contribution in [2.75, 3.05) is 6.61 Å². The Hall–Kier alpha value is -1.39. The predicted molar refractivity (Wildman–Crippen MR) is 57.4 cm³/mol. The number of rotatable bonds is 4. The molecule has 1 unspecified atom stereocenters. The van der Waals surface area contributed by atoms with Crippen molar-refractivity contribution in [3.63, 3.8) is 0 Å². The summed E-state index contributed by atoms with van der Waals surface area (Å²) in [5.41, 5.74) is 1.90. The molecule has 0 aliphatic heterocycles. The van der Waals surface area contributed by atoms with Crippen LogP contribution in [-0.4, -0.2) is 28.0 Å². The van der Waals surface area contributed by atoms with Gasteiger partial charge < -0.3 is 14.8 Å². The molecule has 1 atom stereocenters. The molecule has 0 saturated heterocycles. The molecular weight excluding hydrogens is 192 g/mol. The van der Waals surface area contributed by atoms with Gasteiger partial charge in [-0.05, 0) is 19.1 Å². The zero-order valence-electron chi connectivity index (χ0n) is 8.60. The van der Waals surface area contributed by atoms with Crippen LogP contribution in [0.1, 0.15) is 12.7 Å². The van der Waals surface area contributed by atoms with Crippen LogP contribution >= 0.6 is 0 Å². The van der Waals surface area contributed by atoms with Crippen molar-refractivity contribution in [3.05, 3.63) is 30.1 Å². The topological polar surface area (TPSA) is 58.1 Å². The van der Waals surface area contributed by atoms with Gasteiger partial charge in [0.25, 0.3) is 0 Å². The third-order valence-electron chi connectivity index (χ3n) is 2.17. The van der Waals surface area contributed by atoms with Crippen LogP contribution in [0.3, 0.4) is 0 Å². The van der Waals surface area contributed by atoms with Crippen LogP contribution in [0.15, 0.2) is 24.3 Å². The summed E-state index contributed by atoms with van der Waals surface area (Å²) in [6.07, 6.45) is -0.390.